The molecular formula is C26H26N4O3S2. The number of benzene rings is 2. The van der Waals surface area contributed by atoms with Crippen LogP contribution in [0.5, 0.6) is 0 Å². The van der Waals surface area contributed by atoms with Crippen molar-refractivity contribution in [3.05, 3.63) is 70.1 Å². The number of esters is 1. The van der Waals surface area contributed by atoms with E-state index in [1.807, 2.05) is 80.2 Å². The summed E-state index contributed by atoms with van der Waals surface area (Å²) in [4.78, 5) is 25.5. The molecule has 2 aromatic carbocycles. The summed E-state index contributed by atoms with van der Waals surface area (Å²) in [5.74, 6) is 0.129. The van der Waals surface area contributed by atoms with Crippen molar-refractivity contribution in [3.63, 3.8) is 0 Å². The minimum atomic E-state index is -0.485. The van der Waals surface area contributed by atoms with Crippen molar-refractivity contribution >= 4 is 40.0 Å². The number of nitrogens with one attached hydrogen (secondary N) is 1. The Morgan fingerprint density at radius 2 is 1.74 bits per heavy atom. The molecule has 35 heavy (non-hydrogen) atoms. The van der Waals surface area contributed by atoms with Crippen LogP contribution in [0.25, 0.3) is 22.5 Å². The highest BCUT2D eigenvalue weighted by molar-refractivity contribution is 7.99. The van der Waals surface area contributed by atoms with Crippen molar-refractivity contribution in [2.75, 3.05) is 18.2 Å². The van der Waals surface area contributed by atoms with Gasteiger partial charge in [0.15, 0.2) is 11.0 Å². The molecule has 2 aromatic heterocycles. The molecule has 0 saturated heterocycles. The van der Waals surface area contributed by atoms with Crippen molar-refractivity contribution in [2.45, 2.75) is 25.9 Å². The molecule has 4 rings (SSSR count). The molecule has 0 aliphatic rings. The van der Waals surface area contributed by atoms with Crippen LogP contribution in [0.1, 0.15) is 27.0 Å². The highest BCUT2D eigenvalue weighted by Crippen LogP contribution is 2.38. The Kier molecular flexibility index (Phi) is 7.37. The van der Waals surface area contributed by atoms with Crippen LogP contribution in [0.3, 0.4) is 0 Å². The number of hydrogen-bond donors (Lipinski definition) is 1. The fourth-order valence-corrected chi connectivity index (χ4v) is 5.34. The van der Waals surface area contributed by atoms with Gasteiger partial charge in [-0.3, -0.25) is 4.79 Å². The summed E-state index contributed by atoms with van der Waals surface area (Å²) in [5.41, 5.74) is 6.32. The minimum Gasteiger partial charge on any atom is -0.465 e. The molecule has 0 spiro atoms. The van der Waals surface area contributed by atoms with Gasteiger partial charge in [-0.1, -0.05) is 65.4 Å². The number of anilines is 1. The molecule has 0 fully saturated rings. The highest BCUT2D eigenvalue weighted by Gasteiger charge is 2.23. The quantitative estimate of drug-likeness (QED) is 0.257. The Morgan fingerprint density at radius 3 is 2.46 bits per heavy atom. The van der Waals surface area contributed by atoms with Gasteiger partial charge < -0.3 is 14.6 Å². The first-order chi connectivity index (χ1) is 16.8. The lowest BCUT2D eigenvalue weighted by Gasteiger charge is -2.10. The third kappa shape index (κ3) is 5.31. The van der Waals surface area contributed by atoms with Crippen molar-refractivity contribution < 1.29 is 14.3 Å². The van der Waals surface area contributed by atoms with E-state index in [0.29, 0.717) is 15.7 Å². The summed E-state index contributed by atoms with van der Waals surface area (Å²) < 4.78 is 6.90. The van der Waals surface area contributed by atoms with Crippen molar-refractivity contribution in [1.29, 1.82) is 0 Å². The second-order valence-electron chi connectivity index (χ2n) is 8.23. The number of carbonyl (C=O) groups is 2. The van der Waals surface area contributed by atoms with Crippen LogP contribution >= 0.6 is 23.1 Å². The van der Waals surface area contributed by atoms with E-state index < -0.39 is 5.97 Å². The van der Waals surface area contributed by atoms with Crippen LogP contribution in [-0.2, 0) is 16.6 Å². The molecular weight excluding hydrogens is 480 g/mol. The molecule has 0 unspecified atom stereocenters. The maximum absolute atomic E-state index is 12.8. The average Bonchev–Trinajstić information content (AvgIpc) is 3.42. The fraction of sp³-hybridized carbons (Fsp3) is 0.231. The number of methoxy groups -OCH3 is 1. The first-order valence-corrected chi connectivity index (χ1v) is 12.8. The topological polar surface area (TPSA) is 86.1 Å². The molecule has 0 aliphatic heterocycles. The number of hydrogen-bond acceptors (Lipinski definition) is 7. The van der Waals surface area contributed by atoms with Gasteiger partial charge in [0.05, 0.1) is 12.9 Å². The van der Waals surface area contributed by atoms with Crippen molar-refractivity contribution in [3.8, 4) is 22.5 Å². The van der Waals surface area contributed by atoms with Crippen LogP contribution in [-0.4, -0.2) is 39.5 Å². The Hall–Kier alpha value is -3.43. The number of thioether (sulfide) groups is 1. The van der Waals surface area contributed by atoms with E-state index in [-0.39, 0.29) is 11.7 Å². The second kappa shape index (κ2) is 10.5. The van der Waals surface area contributed by atoms with Gasteiger partial charge in [0, 0.05) is 23.6 Å². The number of thiophene rings is 1. The molecule has 7 nitrogen and oxygen atoms in total. The van der Waals surface area contributed by atoms with Crippen LogP contribution in [0, 0.1) is 20.8 Å². The number of carbonyl (C=O) groups excluding carboxylic acids is 2. The van der Waals surface area contributed by atoms with Crippen LogP contribution in [0.4, 0.5) is 5.00 Å². The molecule has 1 amide bonds. The first kappa shape index (κ1) is 24.7. The van der Waals surface area contributed by atoms with Crippen molar-refractivity contribution in [2.24, 2.45) is 7.05 Å². The molecule has 1 N–H and O–H groups in total. The summed E-state index contributed by atoms with van der Waals surface area (Å²) in [6.07, 6.45) is 0. The van der Waals surface area contributed by atoms with Crippen LogP contribution in [0.15, 0.2) is 53.0 Å². The summed E-state index contributed by atoms with van der Waals surface area (Å²) in [6, 6.07) is 14.1. The molecule has 180 valence electrons. The molecule has 0 atom stereocenters. The third-order valence-electron chi connectivity index (χ3n) is 5.59. The predicted molar refractivity (Wildman–Crippen MR) is 141 cm³/mol. The highest BCUT2D eigenvalue weighted by atomic mass is 32.2. The van der Waals surface area contributed by atoms with Crippen LogP contribution < -0.4 is 5.32 Å². The molecule has 4 aromatic rings. The lowest BCUT2D eigenvalue weighted by Crippen LogP contribution is -2.16. The number of aromatic nitrogens is 3. The predicted octanol–water partition coefficient (Wildman–Crippen LogP) is 5.65. The monoisotopic (exact) mass is 506 g/mol. The average molecular weight is 507 g/mol. The molecule has 0 radical (unpaired) electrons. The summed E-state index contributed by atoms with van der Waals surface area (Å²) in [5, 5.41) is 14.4. The minimum absolute atomic E-state index is 0.122. The third-order valence-corrected chi connectivity index (χ3v) is 7.51. The molecule has 0 saturated carbocycles. The molecule has 9 heteroatoms. The smallest absolute Gasteiger partial charge is 0.341 e. The van der Waals surface area contributed by atoms with E-state index in [0.717, 1.165) is 33.6 Å². The van der Waals surface area contributed by atoms with E-state index in [9.17, 15) is 9.59 Å². The zero-order chi connectivity index (χ0) is 25.1. The van der Waals surface area contributed by atoms with E-state index in [1.54, 1.807) is 0 Å². The second-order valence-corrected chi connectivity index (χ2v) is 10.1. The van der Waals surface area contributed by atoms with Gasteiger partial charge in [-0.2, -0.15) is 0 Å². The van der Waals surface area contributed by atoms with Gasteiger partial charge in [-0.15, -0.1) is 21.5 Å². The Morgan fingerprint density at radius 1 is 1.03 bits per heavy atom. The molecule has 0 bridgehead atoms. The van der Waals surface area contributed by atoms with Gasteiger partial charge >= 0.3 is 5.97 Å². The van der Waals surface area contributed by atoms with Gasteiger partial charge in [0.25, 0.3) is 0 Å². The van der Waals surface area contributed by atoms with Gasteiger partial charge in [-0.25, -0.2) is 4.79 Å². The Bertz CT molecular complexity index is 1390. The maximum Gasteiger partial charge on any atom is 0.341 e. The zero-order valence-electron chi connectivity index (χ0n) is 20.2. The number of ether oxygens (including phenoxy) is 1. The normalized spacial score (nSPS) is 10.9. The van der Waals surface area contributed by atoms with Gasteiger partial charge in [0.1, 0.15) is 10.6 Å². The summed E-state index contributed by atoms with van der Waals surface area (Å²) in [6.45, 7) is 6.03. The molecule has 2 heterocycles. The first-order valence-electron chi connectivity index (χ1n) is 10.9. The van der Waals surface area contributed by atoms with E-state index in [2.05, 4.69) is 15.5 Å². The fourth-order valence-electron chi connectivity index (χ4n) is 3.67. The van der Waals surface area contributed by atoms with Crippen LogP contribution in [0.2, 0.25) is 0 Å². The largest absolute Gasteiger partial charge is 0.465 e. The van der Waals surface area contributed by atoms with Crippen molar-refractivity contribution in [1.82, 2.24) is 14.8 Å². The van der Waals surface area contributed by atoms with Gasteiger partial charge in [-0.05, 0) is 31.9 Å². The van der Waals surface area contributed by atoms with Gasteiger partial charge in [0.2, 0.25) is 5.91 Å². The Labute approximate surface area is 212 Å². The lowest BCUT2D eigenvalue weighted by molar-refractivity contribution is -0.113. The van der Waals surface area contributed by atoms with E-state index in [4.69, 9.17) is 4.74 Å². The number of amides is 1. The standard InChI is InChI=1S/C26H26N4O3S2/c1-15-7-10-18(11-8-15)23-28-29-26(30(23)4)35-14-21(31)27-24-22(25(32)33-5)20(13-34-24)19-12-16(2)6-9-17(19)3/h6-13H,14H2,1-5H3,(H,27,31). The van der Waals surface area contributed by atoms with E-state index in [1.165, 1.54) is 35.8 Å². The Balaban J connectivity index is 1.51. The number of aryl methyl sites for hydroxylation is 3. The summed E-state index contributed by atoms with van der Waals surface area (Å²) in [7, 11) is 3.22. The number of rotatable bonds is 7. The SMILES string of the molecule is COC(=O)c1c(-c2cc(C)ccc2C)csc1NC(=O)CSc1nnc(-c2ccc(C)cc2)n1C. The van der Waals surface area contributed by atoms with E-state index >= 15 is 0 Å². The maximum atomic E-state index is 12.8. The molecule has 0 aliphatic carbocycles. The lowest BCUT2D eigenvalue weighted by atomic mass is 9.97. The summed E-state index contributed by atoms with van der Waals surface area (Å²) >= 11 is 2.60. The number of nitrogens with zero attached hydrogens (tertiary/aromatic N) is 3. The zero-order valence-corrected chi connectivity index (χ0v) is 21.8.